The van der Waals surface area contributed by atoms with Crippen LogP contribution < -0.4 is 0 Å². The van der Waals surface area contributed by atoms with Crippen LogP contribution in [0.4, 0.5) is 0 Å². The highest BCUT2D eigenvalue weighted by Gasteiger charge is 2.22. The molecule has 0 fully saturated rings. The number of aliphatic imine (C=N–C) groups is 1. The van der Waals surface area contributed by atoms with Gasteiger partial charge in [0.05, 0.1) is 11.4 Å². The lowest BCUT2D eigenvalue weighted by molar-refractivity contribution is 0.208. The number of allylic oxidation sites excluding steroid dienone is 1. The van der Waals surface area contributed by atoms with Crippen LogP contribution in [0.2, 0.25) is 0 Å². The summed E-state index contributed by atoms with van der Waals surface area (Å²) < 4.78 is 6.36. The third-order valence-electron chi connectivity index (χ3n) is 7.68. The Labute approximate surface area is 222 Å². The zero-order valence-electron chi connectivity index (χ0n) is 22.3. The first-order valence-corrected chi connectivity index (χ1v) is 14.3. The number of nitrogens with one attached hydrogen (secondary N) is 2. The Bertz CT molecular complexity index is 1210. The van der Waals surface area contributed by atoms with Crippen molar-refractivity contribution >= 4 is 11.8 Å². The predicted molar refractivity (Wildman–Crippen MR) is 154 cm³/mol. The van der Waals surface area contributed by atoms with Gasteiger partial charge in [0, 0.05) is 23.7 Å². The van der Waals surface area contributed by atoms with E-state index in [0.717, 1.165) is 34.8 Å². The smallest absolute Gasteiger partial charge is 0.147 e. The zero-order chi connectivity index (χ0) is 25.3. The van der Waals surface area contributed by atoms with Gasteiger partial charge in [-0.3, -0.25) is 0 Å². The third-order valence-corrected chi connectivity index (χ3v) is 7.68. The summed E-state index contributed by atoms with van der Waals surface area (Å²) in [6.45, 7) is 2.83. The first-order chi connectivity index (χ1) is 18.3. The number of aryl methyl sites for hydroxylation is 1. The van der Waals surface area contributed by atoms with Gasteiger partial charge in [0.2, 0.25) is 0 Å². The van der Waals surface area contributed by atoms with Crippen LogP contribution in [0.25, 0.3) is 6.08 Å². The summed E-state index contributed by atoms with van der Waals surface area (Å²) in [7, 11) is 0. The van der Waals surface area contributed by atoms with Crippen molar-refractivity contribution in [3.05, 3.63) is 100 Å². The fourth-order valence-electron chi connectivity index (χ4n) is 5.59. The summed E-state index contributed by atoms with van der Waals surface area (Å²) in [6, 6.07) is 16.9. The number of nitrogens with zero attached hydrogens (tertiary/aromatic N) is 1. The van der Waals surface area contributed by atoms with E-state index in [1.807, 2.05) is 18.3 Å². The SMILES string of the molecule is CCCCC1CCCCCCCCc2cc1c(C=C1N=C(c3ccc[nH]3)C=C1OCc1ccccc1)[nH]2. The largest absolute Gasteiger partial charge is 0.487 e. The standard InChI is InChI=1S/C33H41N3O/c1-2-3-16-26-17-11-6-4-5-7-12-18-27-21-28(26)30(35-27)22-32-33(37-24-25-14-9-8-10-15-25)23-31(36-32)29-19-13-20-34-29/h8-10,13-15,19-23,26,34-35H,2-7,11-12,16-18,24H2,1H3. The number of aromatic nitrogens is 2. The molecule has 2 bridgehead atoms. The minimum atomic E-state index is 0.527. The lowest BCUT2D eigenvalue weighted by Crippen LogP contribution is -2.01. The van der Waals surface area contributed by atoms with Crippen LogP contribution in [0.5, 0.6) is 0 Å². The van der Waals surface area contributed by atoms with Crippen LogP contribution in [0.15, 0.2) is 77.3 Å². The van der Waals surface area contributed by atoms with Crippen LogP contribution >= 0.6 is 0 Å². The van der Waals surface area contributed by atoms with E-state index in [1.54, 1.807) is 0 Å². The number of hydrogen-bond donors (Lipinski definition) is 2. The van der Waals surface area contributed by atoms with Gasteiger partial charge < -0.3 is 14.7 Å². The summed E-state index contributed by atoms with van der Waals surface area (Å²) >= 11 is 0. The Morgan fingerprint density at radius 1 is 1.00 bits per heavy atom. The Morgan fingerprint density at radius 3 is 2.65 bits per heavy atom. The molecule has 1 unspecified atom stereocenters. The lowest BCUT2D eigenvalue weighted by Gasteiger charge is -2.17. The number of benzene rings is 1. The number of aromatic amines is 2. The molecule has 1 aromatic carbocycles. The Hall–Kier alpha value is -3.27. The quantitative estimate of drug-likeness (QED) is 0.322. The summed E-state index contributed by atoms with van der Waals surface area (Å²) in [5.41, 5.74) is 8.04. The maximum absolute atomic E-state index is 6.36. The zero-order valence-corrected chi connectivity index (χ0v) is 22.3. The molecular formula is C33H41N3O. The minimum Gasteiger partial charge on any atom is -0.487 e. The van der Waals surface area contributed by atoms with Crippen molar-refractivity contribution in [1.82, 2.24) is 9.97 Å². The summed E-state index contributed by atoms with van der Waals surface area (Å²) in [6.07, 6.45) is 20.5. The fourth-order valence-corrected chi connectivity index (χ4v) is 5.59. The highest BCUT2D eigenvalue weighted by molar-refractivity contribution is 6.11. The van der Waals surface area contributed by atoms with Gasteiger partial charge in [-0.15, -0.1) is 0 Å². The molecule has 194 valence electrons. The molecule has 2 aromatic heterocycles. The van der Waals surface area contributed by atoms with Crippen LogP contribution in [0, 0.1) is 0 Å². The van der Waals surface area contributed by atoms with Crippen LogP contribution in [-0.2, 0) is 17.8 Å². The van der Waals surface area contributed by atoms with E-state index in [-0.39, 0.29) is 0 Å². The average molecular weight is 496 g/mol. The molecule has 2 N–H and O–H groups in total. The molecule has 3 heterocycles. The molecule has 3 aromatic rings. The van der Waals surface area contributed by atoms with E-state index in [9.17, 15) is 0 Å². The van der Waals surface area contributed by atoms with Crippen LogP contribution in [0.3, 0.4) is 0 Å². The molecule has 0 radical (unpaired) electrons. The third kappa shape index (κ3) is 6.74. The molecule has 0 saturated heterocycles. The highest BCUT2D eigenvalue weighted by atomic mass is 16.5. The topological polar surface area (TPSA) is 53.2 Å². The first kappa shape index (κ1) is 25.4. The van der Waals surface area contributed by atoms with Crippen molar-refractivity contribution in [3.63, 3.8) is 0 Å². The number of hydrogen-bond acceptors (Lipinski definition) is 2. The van der Waals surface area contributed by atoms with Crippen molar-refractivity contribution < 1.29 is 4.74 Å². The second-order valence-electron chi connectivity index (χ2n) is 10.6. The molecule has 4 nitrogen and oxygen atoms in total. The van der Waals surface area contributed by atoms with Gasteiger partial charge in [0.1, 0.15) is 18.1 Å². The Balaban J connectivity index is 1.48. The van der Waals surface area contributed by atoms with E-state index >= 15 is 0 Å². The van der Waals surface area contributed by atoms with Crippen LogP contribution in [-0.4, -0.2) is 15.7 Å². The minimum absolute atomic E-state index is 0.527. The summed E-state index contributed by atoms with van der Waals surface area (Å²) in [5.74, 6) is 1.43. The maximum atomic E-state index is 6.36. The van der Waals surface area contributed by atoms with Gasteiger partial charge in [-0.25, -0.2) is 4.99 Å². The van der Waals surface area contributed by atoms with Gasteiger partial charge in [-0.05, 0) is 67.0 Å². The van der Waals surface area contributed by atoms with Gasteiger partial charge in [-0.1, -0.05) is 82.2 Å². The molecular weight excluding hydrogens is 454 g/mol. The van der Waals surface area contributed by atoms with Crippen molar-refractivity contribution in [2.45, 2.75) is 90.1 Å². The van der Waals surface area contributed by atoms with Crippen LogP contribution in [0.1, 0.15) is 105 Å². The maximum Gasteiger partial charge on any atom is 0.147 e. The van der Waals surface area contributed by atoms with E-state index in [0.29, 0.717) is 12.5 Å². The highest BCUT2D eigenvalue weighted by Crippen LogP contribution is 2.35. The summed E-state index contributed by atoms with van der Waals surface area (Å²) in [5, 5.41) is 0. The number of ether oxygens (including phenoxy) is 1. The predicted octanol–water partition coefficient (Wildman–Crippen LogP) is 8.85. The molecule has 4 heteroatoms. The van der Waals surface area contributed by atoms with Gasteiger partial charge in [-0.2, -0.15) is 0 Å². The molecule has 37 heavy (non-hydrogen) atoms. The Morgan fingerprint density at radius 2 is 1.84 bits per heavy atom. The number of fused-ring (bicyclic) bond motifs is 2. The number of H-pyrrole nitrogens is 2. The molecule has 2 aliphatic rings. The van der Waals surface area contributed by atoms with E-state index in [4.69, 9.17) is 9.73 Å². The van der Waals surface area contributed by atoms with Gasteiger partial charge >= 0.3 is 0 Å². The average Bonchev–Trinajstić information content (AvgIpc) is 3.67. The molecule has 0 saturated carbocycles. The normalized spacial score (nSPS) is 19.7. The van der Waals surface area contributed by atoms with Crippen molar-refractivity contribution in [2.75, 3.05) is 0 Å². The lowest BCUT2D eigenvalue weighted by atomic mass is 9.87. The molecule has 0 spiro atoms. The molecule has 1 aliphatic carbocycles. The monoisotopic (exact) mass is 495 g/mol. The van der Waals surface area contributed by atoms with Gasteiger partial charge in [0.25, 0.3) is 0 Å². The second-order valence-corrected chi connectivity index (χ2v) is 10.6. The van der Waals surface area contributed by atoms with Gasteiger partial charge in [0.15, 0.2) is 0 Å². The van der Waals surface area contributed by atoms with E-state index in [1.165, 1.54) is 81.2 Å². The van der Waals surface area contributed by atoms with E-state index < -0.39 is 0 Å². The second kappa shape index (κ2) is 12.8. The molecule has 0 amide bonds. The number of unbranched alkanes of at least 4 members (excludes halogenated alkanes) is 1. The van der Waals surface area contributed by atoms with E-state index in [2.05, 4.69) is 65.4 Å². The molecule has 1 aliphatic heterocycles. The first-order valence-electron chi connectivity index (χ1n) is 14.3. The van der Waals surface area contributed by atoms with Crippen molar-refractivity contribution in [2.24, 2.45) is 4.99 Å². The van der Waals surface area contributed by atoms with Crippen molar-refractivity contribution in [3.8, 4) is 0 Å². The number of rotatable bonds is 8. The fraction of sp³-hybridized carbons (Fsp3) is 0.424. The molecule has 1 atom stereocenters. The Kier molecular flexibility index (Phi) is 8.78. The molecule has 5 rings (SSSR count). The van der Waals surface area contributed by atoms with Crippen molar-refractivity contribution in [1.29, 1.82) is 0 Å². The summed E-state index contributed by atoms with van der Waals surface area (Å²) in [4.78, 5) is 12.1.